The van der Waals surface area contributed by atoms with E-state index in [1.54, 1.807) is 6.92 Å². The number of hydrogen-bond acceptors (Lipinski definition) is 5. The van der Waals surface area contributed by atoms with E-state index in [1.807, 2.05) is 19.0 Å². The average Bonchev–Trinajstić information content (AvgIpc) is 2.44. The monoisotopic (exact) mass is 341 g/mol. The van der Waals surface area contributed by atoms with E-state index in [0.29, 0.717) is 18.5 Å². The molecular formula is C17H27NO6. The second kappa shape index (κ2) is 12.1. The van der Waals surface area contributed by atoms with Gasteiger partial charge in [-0.05, 0) is 34.4 Å². The summed E-state index contributed by atoms with van der Waals surface area (Å²) in [5.41, 5.74) is 0.508. The number of carbonyl (C=O) groups is 3. The molecule has 0 amide bonds. The van der Waals surface area contributed by atoms with Crippen molar-refractivity contribution >= 4 is 17.9 Å². The first kappa shape index (κ1) is 23.9. The Morgan fingerprint density at radius 3 is 1.75 bits per heavy atom. The Morgan fingerprint density at radius 1 is 1.00 bits per heavy atom. The molecule has 0 bridgehead atoms. The molecule has 0 aromatic rings. The predicted octanol–water partition coefficient (Wildman–Crippen LogP) is 2.10. The largest absolute Gasteiger partial charge is 0.478 e. The molecule has 0 aliphatic rings. The predicted molar refractivity (Wildman–Crippen MR) is 91.7 cm³/mol. The molecule has 0 radical (unpaired) electrons. The van der Waals surface area contributed by atoms with Crippen LogP contribution in [0.15, 0.2) is 36.5 Å². The van der Waals surface area contributed by atoms with E-state index in [9.17, 15) is 14.4 Å². The highest BCUT2D eigenvalue weighted by molar-refractivity contribution is 5.88. The number of esters is 1. The Morgan fingerprint density at radius 2 is 1.46 bits per heavy atom. The molecule has 0 saturated carbocycles. The molecule has 0 aliphatic heterocycles. The molecule has 1 atom stereocenters. The molecule has 0 fully saturated rings. The van der Waals surface area contributed by atoms with E-state index < -0.39 is 24.0 Å². The molecular weight excluding hydrogens is 314 g/mol. The van der Waals surface area contributed by atoms with Gasteiger partial charge in [0.25, 0.3) is 0 Å². The number of aliphatic carboxylic acids is 2. The van der Waals surface area contributed by atoms with Crippen molar-refractivity contribution in [1.29, 1.82) is 0 Å². The molecule has 0 rings (SSSR count). The van der Waals surface area contributed by atoms with Crippen molar-refractivity contribution in [2.24, 2.45) is 0 Å². The zero-order chi connectivity index (χ0) is 19.4. The van der Waals surface area contributed by atoms with Gasteiger partial charge in [0.1, 0.15) is 6.10 Å². The van der Waals surface area contributed by atoms with Crippen molar-refractivity contribution in [3.63, 3.8) is 0 Å². The van der Waals surface area contributed by atoms with Gasteiger partial charge in [-0.15, -0.1) is 0 Å². The highest BCUT2D eigenvalue weighted by atomic mass is 16.5. The molecule has 7 heteroatoms. The zero-order valence-corrected chi connectivity index (χ0v) is 14.8. The Labute approximate surface area is 142 Å². The fourth-order valence-electron chi connectivity index (χ4n) is 1.22. The molecule has 1 unspecified atom stereocenters. The molecule has 24 heavy (non-hydrogen) atoms. The number of nitrogens with zero attached hydrogens (tertiary/aromatic N) is 1. The van der Waals surface area contributed by atoms with Gasteiger partial charge in [0, 0.05) is 29.7 Å². The van der Waals surface area contributed by atoms with E-state index >= 15 is 0 Å². The maximum absolute atomic E-state index is 11.4. The average molecular weight is 341 g/mol. The quantitative estimate of drug-likeness (QED) is 0.489. The van der Waals surface area contributed by atoms with Crippen molar-refractivity contribution in [2.75, 3.05) is 20.6 Å². The van der Waals surface area contributed by atoms with E-state index in [1.165, 1.54) is 6.92 Å². The lowest BCUT2D eigenvalue weighted by Crippen LogP contribution is -2.25. The first-order valence-corrected chi connectivity index (χ1v) is 7.19. The second-order valence-corrected chi connectivity index (χ2v) is 5.60. The molecule has 0 spiro atoms. The van der Waals surface area contributed by atoms with E-state index in [4.69, 9.17) is 14.9 Å². The summed E-state index contributed by atoms with van der Waals surface area (Å²) in [7, 11) is 3.79. The van der Waals surface area contributed by atoms with Crippen molar-refractivity contribution in [3.8, 4) is 0 Å². The minimum atomic E-state index is -1.07. The Bertz CT molecular complexity index is 467. The third kappa shape index (κ3) is 13.3. The number of ether oxygens (including phenoxy) is 1. The lowest BCUT2D eigenvalue weighted by Gasteiger charge is -2.20. The van der Waals surface area contributed by atoms with Crippen LogP contribution in [-0.2, 0) is 19.1 Å². The molecule has 0 saturated heterocycles. The smallest absolute Gasteiger partial charge is 0.333 e. The van der Waals surface area contributed by atoms with Crippen LogP contribution >= 0.6 is 0 Å². The summed E-state index contributed by atoms with van der Waals surface area (Å²) in [5, 5.41) is 16.7. The normalized spacial score (nSPS) is 10.9. The van der Waals surface area contributed by atoms with Gasteiger partial charge in [0.2, 0.25) is 0 Å². The number of hydrogen-bond donors (Lipinski definition) is 2. The van der Waals surface area contributed by atoms with Crippen molar-refractivity contribution in [2.45, 2.75) is 32.8 Å². The van der Waals surface area contributed by atoms with Gasteiger partial charge >= 0.3 is 17.9 Å². The summed E-state index contributed by atoms with van der Waals surface area (Å²) >= 11 is 0. The van der Waals surface area contributed by atoms with E-state index in [-0.39, 0.29) is 17.6 Å². The summed E-state index contributed by atoms with van der Waals surface area (Å²) < 4.78 is 5.19. The van der Waals surface area contributed by atoms with Gasteiger partial charge in [-0.25, -0.2) is 14.4 Å². The second-order valence-electron chi connectivity index (χ2n) is 5.60. The first-order chi connectivity index (χ1) is 10.9. The van der Waals surface area contributed by atoms with Crippen molar-refractivity contribution in [1.82, 2.24) is 4.90 Å². The summed E-state index contributed by atoms with van der Waals surface area (Å²) in [6.45, 7) is 13.8. The van der Waals surface area contributed by atoms with Gasteiger partial charge in [-0.1, -0.05) is 19.7 Å². The van der Waals surface area contributed by atoms with Gasteiger partial charge in [-0.2, -0.15) is 0 Å². The summed E-state index contributed by atoms with van der Waals surface area (Å²) in [5.74, 6) is -2.51. The lowest BCUT2D eigenvalue weighted by molar-refractivity contribution is -0.145. The highest BCUT2D eigenvalue weighted by Crippen LogP contribution is 2.13. The highest BCUT2D eigenvalue weighted by Gasteiger charge is 2.19. The van der Waals surface area contributed by atoms with Crippen LogP contribution in [0.4, 0.5) is 0 Å². The number of rotatable bonds is 9. The number of carboxylic acids is 2. The molecule has 7 nitrogen and oxygen atoms in total. The molecule has 0 aromatic heterocycles. The fourth-order valence-corrected chi connectivity index (χ4v) is 1.22. The Balaban J connectivity index is 0. The number of carboxylic acid groups (broad SMARTS) is 2. The number of carbonyl (C=O) groups excluding carboxylic acids is 1. The molecule has 0 heterocycles. The van der Waals surface area contributed by atoms with Gasteiger partial charge in [0.15, 0.2) is 0 Å². The summed E-state index contributed by atoms with van der Waals surface area (Å²) in [4.78, 5) is 33.7. The van der Waals surface area contributed by atoms with Gasteiger partial charge < -0.3 is 19.8 Å². The minimum absolute atomic E-state index is 0.0354. The van der Waals surface area contributed by atoms with Crippen molar-refractivity contribution < 1.29 is 29.3 Å². The SMILES string of the molecule is C=C(C)C(=O)O.C=C(C)C(=O)OC(CCN(C)C)CC(=C)C(=O)O. The van der Waals surface area contributed by atoms with Crippen LogP contribution in [0.5, 0.6) is 0 Å². The van der Waals surface area contributed by atoms with Crippen molar-refractivity contribution in [3.05, 3.63) is 36.5 Å². The van der Waals surface area contributed by atoms with Crippen LogP contribution in [-0.4, -0.2) is 59.8 Å². The summed E-state index contributed by atoms with van der Waals surface area (Å²) in [6, 6.07) is 0. The van der Waals surface area contributed by atoms with Gasteiger partial charge in [-0.3, -0.25) is 0 Å². The molecule has 0 aliphatic carbocycles. The maximum atomic E-state index is 11.4. The lowest BCUT2D eigenvalue weighted by atomic mass is 10.1. The van der Waals surface area contributed by atoms with Crippen LogP contribution in [0, 0.1) is 0 Å². The Hall–Kier alpha value is -2.41. The zero-order valence-electron chi connectivity index (χ0n) is 14.8. The topological polar surface area (TPSA) is 104 Å². The molecule has 2 N–H and O–H groups in total. The Kier molecular flexibility index (Phi) is 12.0. The van der Waals surface area contributed by atoms with Gasteiger partial charge in [0.05, 0.1) is 0 Å². The third-order valence-electron chi connectivity index (χ3n) is 2.66. The maximum Gasteiger partial charge on any atom is 0.333 e. The van der Waals surface area contributed by atoms with Crippen LogP contribution < -0.4 is 0 Å². The first-order valence-electron chi connectivity index (χ1n) is 7.19. The summed E-state index contributed by atoms with van der Waals surface area (Å²) in [6.07, 6.45) is 0.195. The van der Waals surface area contributed by atoms with Crippen LogP contribution in [0.2, 0.25) is 0 Å². The van der Waals surface area contributed by atoms with Crippen LogP contribution in [0.25, 0.3) is 0 Å². The standard InChI is InChI=1S/C13H21NO4.C4H6O2/c1-9(2)13(17)18-11(6-7-14(4)5)8-10(3)12(15)16;1-3(2)4(5)6/h11H,1,3,6-8H2,2,4-5H3,(H,15,16);1H2,2H3,(H,5,6). The van der Waals surface area contributed by atoms with E-state index in [2.05, 4.69) is 19.7 Å². The fraction of sp³-hybridized carbons (Fsp3) is 0.471. The third-order valence-corrected chi connectivity index (χ3v) is 2.66. The van der Waals surface area contributed by atoms with E-state index in [0.717, 1.165) is 0 Å². The minimum Gasteiger partial charge on any atom is -0.478 e. The van der Waals surface area contributed by atoms with Crippen LogP contribution in [0.3, 0.4) is 0 Å². The molecule has 136 valence electrons. The molecule has 0 aromatic carbocycles. The van der Waals surface area contributed by atoms with Crippen LogP contribution in [0.1, 0.15) is 26.7 Å².